The van der Waals surface area contributed by atoms with Gasteiger partial charge in [-0.3, -0.25) is 0 Å². The van der Waals surface area contributed by atoms with Crippen LogP contribution in [0.3, 0.4) is 0 Å². The summed E-state index contributed by atoms with van der Waals surface area (Å²) >= 11 is 6.72. The molecule has 0 aliphatic carbocycles. The highest BCUT2D eigenvalue weighted by Crippen LogP contribution is 2.42. The number of nitriles is 4. The SMILES string of the molecule is N#CC(C#N)=C(C(=C(C#N)C#N)c1ccc2c(=C3SC=CS3)c3ccccc3c(=C3SC=CS3)c2c1)c1ccccc1. The molecule has 0 unspecified atom stereocenters. The Morgan fingerprint density at radius 3 is 1.38 bits per heavy atom. The van der Waals surface area contributed by atoms with Crippen molar-refractivity contribution in [3.8, 4) is 24.3 Å². The van der Waals surface area contributed by atoms with Gasteiger partial charge in [0, 0.05) is 21.6 Å². The van der Waals surface area contributed by atoms with Crippen molar-refractivity contribution in [1.82, 2.24) is 0 Å². The van der Waals surface area contributed by atoms with Crippen LogP contribution in [0.2, 0.25) is 0 Å². The van der Waals surface area contributed by atoms with Crippen molar-refractivity contribution in [2.24, 2.45) is 0 Å². The Hall–Kier alpha value is -4.54. The van der Waals surface area contributed by atoms with E-state index in [2.05, 4.69) is 39.8 Å². The van der Waals surface area contributed by atoms with Gasteiger partial charge >= 0.3 is 0 Å². The van der Waals surface area contributed by atoms with Gasteiger partial charge in [0.05, 0.1) is 8.47 Å². The van der Waals surface area contributed by atoms with Gasteiger partial charge in [-0.2, -0.15) is 21.0 Å². The van der Waals surface area contributed by atoms with Gasteiger partial charge in [-0.15, -0.1) is 0 Å². The molecule has 0 fully saturated rings. The maximum atomic E-state index is 10.1. The van der Waals surface area contributed by atoms with E-state index < -0.39 is 0 Å². The summed E-state index contributed by atoms with van der Waals surface area (Å²) in [7, 11) is 0. The Morgan fingerprint density at radius 1 is 0.452 bits per heavy atom. The third-order valence-electron chi connectivity index (χ3n) is 6.79. The lowest BCUT2D eigenvalue weighted by Gasteiger charge is -2.16. The van der Waals surface area contributed by atoms with Crippen LogP contribution < -0.4 is 10.4 Å². The molecule has 8 heteroatoms. The van der Waals surface area contributed by atoms with E-state index in [0.29, 0.717) is 11.1 Å². The van der Waals surface area contributed by atoms with Crippen molar-refractivity contribution in [1.29, 1.82) is 21.0 Å². The lowest BCUT2D eigenvalue weighted by Crippen LogP contribution is -2.17. The summed E-state index contributed by atoms with van der Waals surface area (Å²) in [6.07, 6.45) is 0. The molecule has 196 valence electrons. The highest BCUT2D eigenvalue weighted by molar-refractivity contribution is 8.35. The summed E-state index contributed by atoms with van der Waals surface area (Å²) in [5.74, 6) is 0. The third kappa shape index (κ3) is 4.82. The van der Waals surface area contributed by atoms with Crippen LogP contribution in [-0.2, 0) is 0 Å². The molecule has 4 nitrogen and oxygen atoms in total. The van der Waals surface area contributed by atoms with Crippen LogP contribution in [0, 0.1) is 45.3 Å². The minimum absolute atomic E-state index is 0.167. The fourth-order valence-electron chi connectivity index (χ4n) is 5.13. The van der Waals surface area contributed by atoms with E-state index in [9.17, 15) is 21.0 Å². The number of benzene rings is 4. The molecule has 0 saturated carbocycles. The Kier molecular flexibility index (Phi) is 7.98. The molecule has 4 aromatic carbocycles. The van der Waals surface area contributed by atoms with Gasteiger partial charge in [-0.05, 0) is 60.4 Å². The number of thioether (sulfide) groups is 4. The van der Waals surface area contributed by atoms with Gasteiger partial charge in [0.2, 0.25) is 0 Å². The maximum absolute atomic E-state index is 10.1. The van der Waals surface area contributed by atoms with Crippen molar-refractivity contribution in [2.45, 2.75) is 0 Å². The molecule has 2 heterocycles. The van der Waals surface area contributed by atoms with Crippen molar-refractivity contribution in [3.63, 3.8) is 0 Å². The average Bonchev–Trinajstić information content (AvgIpc) is 3.77. The van der Waals surface area contributed by atoms with E-state index in [1.165, 1.54) is 4.24 Å². The standard InChI is InChI=1S/C34H16N4S4/c35-17-23(18-36)29(21-6-2-1-3-7-21)30(24(19-37)20-38)22-10-11-27-28(16-22)32(34-41-14-15-42-34)26-9-5-4-8-25(26)31(27)33-39-12-13-40-33/h1-16H. The summed E-state index contributed by atoms with van der Waals surface area (Å²) in [5.41, 5.74) is 1.36. The van der Waals surface area contributed by atoms with Crippen molar-refractivity contribution >= 4 is 88.2 Å². The first kappa shape index (κ1) is 27.6. The molecule has 0 atom stereocenters. The zero-order valence-corrected chi connectivity index (χ0v) is 24.9. The van der Waals surface area contributed by atoms with Gasteiger partial charge < -0.3 is 0 Å². The molecular formula is C34H16N4S4. The molecule has 42 heavy (non-hydrogen) atoms. The maximum Gasteiger partial charge on any atom is 0.138 e. The van der Waals surface area contributed by atoms with E-state index in [-0.39, 0.29) is 22.3 Å². The van der Waals surface area contributed by atoms with Gasteiger partial charge in [0.1, 0.15) is 35.4 Å². The van der Waals surface area contributed by atoms with E-state index in [4.69, 9.17) is 0 Å². The summed E-state index contributed by atoms with van der Waals surface area (Å²) in [4.78, 5) is 0. The Balaban J connectivity index is 1.81. The van der Waals surface area contributed by atoms with E-state index in [1.54, 1.807) is 71.3 Å². The highest BCUT2D eigenvalue weighted by Gasteiger charge is 2.23. The number of hydrogen-bond acceptors (Lipinski definition) is 8. The number of rotatable bonds is 3. The van der Waals surface area contributed by atoms with Crippen molar-refractivity contribution < 1.29 is 0 Å². The molecule has 0 spiro atoms. The van der Waals surface area contributed by atoms with Gasteiger partial charge in [0.25, 0.3) is 0 Å². The van der Waals surface area contributed by atoms with Crippen LogP contribution >= 0.6 is 47.0 Å². The Labute approximate surface area is 259 Å². The number of fused-ring (bicyclic) bond motifs is 2. The average molecular weight is 609 g/mol. The molecular weight excluding hydrogens is 593 g/mol. The van der Waals surface area contributed by atoms with Crippen molar-refractivity contribution in [2.75, 3.05) is 0 Å². The predicted octanol–water partition coefficient (Wildman–Crippen LogP) is 8.33. The minimum atomic E-state index is -0.168. The molecule has 0 radical (unpaired) electrons. The number of allylic oxidation sites excluding steroid dienone is 4. The fraction of sp³-hybridized carbons (Fsp3) is 0. The Morgan fingerprint density at radius 2 is 0.881 bits per heavy atom. The smallest absolute Gasteiger partial charge is 0.138 e. The molecule has 0 saturated heterocycles. The molecule has 2 aliphatic heterocycles. The van der Waals surface area contributed by atoms with Gasteiger partial charge in [-0.1, -0.05) is 114 Å². The first-order valence-corrected chi connectivity index (χ1v) is 16.1. The lowest BCUT2D eigenvalue weighted by atomic mass is 9.85. The van der Waals surface area contributed by atoms with Crippen LogP contribution in [0.15, 0.2) is 106 Å². The quantitative estimate of drug-likeness (QED) is 0.130. The molecule has 6 rings (SSSR count). The monoisotopic (exact) mass is 608 g/mol. The highest BCUT2D eigenvalue weighted by atomic mass is 32.2. The topological polar surface area (TPSA) is 95.2 Å². The largest absolute Gasteiger partial charge is 0.192 e. The molecule has 0 amide bonds. The summed E-state index contributed by atoms with van der Waals surface area (Å²) in [6, 6.07) is 31.4. The predicted molar refractivity (Wildman–Crippen MR) is 179 cm³/mol. The van der Waals surface area contributed by atoms with Crippen LogP contribution in [-0.4, -0.2) is 0 Å². The van der Waals surface area contributed by atoms with Crippen LogP contribution in [0.1, 0.15) is 11.1 Å². The van der Waals surface area contributed by atoms with Crippen LogP contribution in [0.25, 0.3) is 41.2 Å². The molecule has 0 bridgehead atoms. The minimum Gasteiger partial charge on any atom is -0.192 e. The fourth-order valence-corrected chi connectivity index (χ4v) is 8.97. The summed E-state index contributed by atoms with van der Waals surface area (Å²) in [5, 5.41) is 54.9. The zero-order valence-electron chi connectivity index (χ0n) is 21.7. The summed E-state index contributed by atoms with van der Waals surface area (Å²) < 4.78 is 2.31. The molecule has 2 aliphatic rings. The van der Waals surface area contributed by atoms with E-state index in [1.807, 2.05) is 54.6 Å². The Bertz CT molecular complexity index is 2180. The molecule has 0 aromatic heterocycles. The van der Waals surface area contributed by atoms with Crippen LogP contribution in [0.4, 0.5) is 0 Å². The second-order valence-electron chi connectivity index (χ2n) is 8.96. The lowest BCUT2D eigenvalue weighted by molar-refractivity contribution is 1.44. The van der Waals surface area contributed by atoms with E-state index >= 15 is 0 Å². The first-order chi connectivity index (χ1) is 20.7. The van der Waals surface area contributed by atoms with Crippen molar-refractivity contribution in [3.05, 3.63) is 127 Å². The molecule has 0 N–H and O–H groups in total. The second-order valence-corrected chi connectivity index (χ2v) is 13.1. The van der Waals surface area contributed by atoms with Gasteiger partial charge in [0.15, 0.2) is 0 Å². The summed E-state index contributed by atoms with van der Waals surface area (Å²) in [6.45, 7) is 0. The normalized spacial score (nSPS) is 13.4. The first-order valence-electron chi connectivity index (χ1n) is 12.5. The van der Waals surface area contributed by atoms with Gasteiger partial charge in [-0.25, -0.2) is 0 Å². The third-order valence-corrected chi connectivity index (χ3v) is 11.1. The molecule has 4 aromatic rings. The zero-order chi connectivity index (χ0) is 29.1. The van der Waals surface area contributed by atoms with Crippen LogP contribution in [0.5, 0.6) is 0 Å². The second kappa shape index (κ2) is 12.1. The van der Waals surface area contributed by atoms with E-state index in [0.717, 1.165) is 36.2 Å². The number of hydrogen-bond donors (Lipinski definition) is 0. The number of nitrogens with zero attached hydrogens (tertiary/aromatic N) is 4.